The van der Waals surface area contributed by atoms with Crippen LogP contribution in [0.5, 0.6) is 0 Å². The molecule has 0 rings (SSSR count). The fourth-order valence-electron chi connectivity index (χ4n) is 0.122. The number of aldehydes is 1. The van der Waals surface area contributed by atoms with Crippen LogP contribution in [0.1, 0.15) is 0 Å². The van der Waals surface area contributed by atoms with Crippen molar-refractivity contribution < 1.29 is 9.59 Å². The standard InChI is InChI=1S/C3H4ClNO2/c4-3(7)5-1-2-6/h2H,1H2,(H,5,7). The van der Waals surface area contributed by atoms with E-state index in [1.165, 1.54) is 0 Å². The summed E-state index contributed by atoms with van der Waals surface area (Å²) in [5.74, 6) is 0. The summed E-state index contributed by atoms with van der Waals surface area (Å²) >= 11 is 4.75. The van der Waals surface area contributed by atoms with Crippen LogP contribution in [-0.2, 0) is 4.79 Å². The van der Waals surface area contributed by atoms with Gasteiger partial charge in [-0.3, -0.25) is 4.79 Å². The van der Waals surface area contributed by atoms with Gasteiger partial charge in [0.1, 0.15) is 6.29 Å². The molecule has 0 bridgehead atoms. The summed E-state index contributed by atoms with van der Waals surface area (Å²) in [4.78, 5) is 19.1. The van der Waals surface area contributed by atoms with E-state index in [0.29, 0.717) is 6.29 Å². The Balaban J connectivity index is 2.97. The summed E-state index contributed by atoms with van der Waals surface area (Å²) in [7, 11) is 0. The van der Waals surface area contributed by atoms with Crippen LogP contribution < -0.4 is 5.32 Å². The molecule has 0 aliphatic rings. The first-order valence-electron chi connectivity index (χ1n) is 1.64. The Kier molecular flexibility index (Phi) is 3.32. The predicted molar refractivity (Wildman–Crippen MR) is 25.3 cm³/mol. The van der Waals surface area contributed by atoms with Crippen LogP contribution in [0, 0.1) is 0 Å². The van der Waals surface area contributed by atoms with Gasteiger partial charge in [0, 0.05) is 0 Å². The molecule has 40 valence electrons. The van der Waals surface area contributed by atoms with Crippen molar-refractivity contribution in [1.82, 2.24) is 5.32 Å². The third kappa shape index (κ3) is 5.43. The third-order valence-electron chi connectivity index (χ3n) is 0.324. The van der Waals surface area contributed by atoms with Gasteiger partial charge in [-0.2, -0.15) is 0 Å². The lowest BCUT2D eigenvalue weighted by Crippen LogP contribution is -2.18. The molecule has 0 unspecified atom stereocenters. The van der Waals surface area contributed by atoms with Crippen molar-refractivity contribution in [3.05, 3.63) is 0 Å². The van der Waals surface area contributed by atoms with Crippen molar-refractivity contribution in [2.45, 2.75) is 0 Å². The van der Waals surface area contributed by atoms with E-state index >= 15 is 0 Å². The number of hydrogen-bond donors (Lipinski definition) is 1. The van der Waals surface area contributed by atoms with Crippen LogP contribution in [-0.4, -0.2) is 18.2 Å². The van der Waals surface area contributed by atoms with Crippen molar-refractivity contribution in [1.29, 1.82) is 0 Å². The van der Waals surface area contributed by atoms with E-state index in [9.17, 15) is 9.59 Å². The van der Waals surface area contributed by atoms with Gasteiger partial charge in [-0.15, -0.1) is 0 Å². The highest BCUT2D eigenvalue weighted by molar-refractivity contribution is 6.63. The summed E-state index contributed by atoms with van der Waals surface area (Å²) < 4.78 is 0. The molecular weight excluding hydrogens is 117 g/mol. The first-order valence-corrected chi connectivity index (χ1v) is 2.02. The monoisotopic (exact) mass is 121 g/mol. The SMILES string of the molecule is O=CCNC(=O)Cl. The number of halogens is 1. The zero-order chi connectivity index (χ0) is 5.70. The Bertz CT molecular complexity index is 83.0. The Morgan fingerprint density at radius 2 is 2.43 bits per heavy atom. The van der Waals surface area contributed by atoms with E-state index in [1.807, 2.05) is 0 Å². The summed E-state index contributed by atoms with van der Waals surface area (Å²) in [5, 5.41) is 1.35. The Labute approximate surface area is 45.6 Å². The quantitative estimate of drug-likeness (QED) is 0.321. The zero-order valence-electron chi connectivity index (χ0n) is 3.48. The lowest BCUT2D eigenvalue weighted by atomic mass is 10.7. The predicted octanol–water partition coefficient (Wildman–Crippen LogP) is 0.134. The average Bonchev–Trinajstić information content (AvgIpc) is 1.61. The Morgan fingerprint density at radius 3 is 2.57 bits per heavy atom. The second kappa shape index (κ2) is 3.61. The highest BCUT2D eigenvalue weighted by Crippen LogP contribution is 1.71. The van der Waals surface area contributed by atoms with Gasteiger partial charge < -0.3 is 10.1 Å². The number of amides is 1. The molecule has 0 spiro atoms. The molecular formula is C3H4ClNO2. The van der Waals surface area contributed by atoms with Gasteiger partial charge in [-0.05, 0) is 11.6 Å². The smallest absolute Gasteiger partial charge is 0.314 e. The maximum absolute atomic E-state index is 9.70. The molecule has 7 heavy (non-hydrogen) atoms. The van der Waals surface area contributed by atoms with Crippen LogP contribution in [0.25, 0.3) is 0 Å². The van der Waals surface area contributed by atoms with E-state index in [-0.39, 0.29) is 6.54 Å². The Morgan fingerprint density at radius 1 is 1.86 bits per heavy atom. The van der Waals surface area contributed by atoms with E-state index in [1.54, 1.807) is 0 Å². The highest BCUT2D eigenvalue weighted by Gasteiger charge is 1.86. The van der Waals surface area contributed by atoms with Gasteiger partial charge in [0.2, 0.25) is 0 Å². The van der Waals surface area contributed by atoms with E-state index < -0.39 is 5.37 Å². The highest BCUT2D eigenvalue weighted by atomic mass is 35.5. The molecule has 0 aromatic heterocycles. The molecule has 0 aliphatic heterocycles. The molecule has 1 N–H and O–H groups in total. The van der Waals surface area contributed by atoms with E-state index in [2.05, 4.69) is 5.32 Å². The second-order valence-corrected chi connectivity index (χ2v) is 1.16. The Hall–Kier alpha value is -0.570. The van der Waals surface area contributed by atoms with Gasteiger partial charge >= 0.3 is 5.37 Å². The first kappa shape index (κ1) is 6.43. The molecule has 4 heteroatoms. The van der Waals surface area contributed by atoms with Crippen LogP contribution in [0.4, 0.5) is 4.79 Å². The van der Waals surface area contributed by atoms with Crippen LogP contribution in [0.15, 0.2) is 0 Å². The van der Waals surface area contributed by atoms with Gasteiger partial charge in [-0.1, -0.05) is 0 Å². The fraction of sp³-hybridized carbons (Fsp3) is 0.333. The molecule has 0 heterocycles. The van der Waals surface area contributed by atoms with E-state index in [0.717, 1.165) is 0 Å². The summed E-state index contributed by atoms with van der Waals surface area (Å²) in [6.07, 6.45) is 0.556. The van der Waals surface area contributed by atoms with Crippen molar-refractivity contribution in [2.24, 2.45) is 0 Å². The largest absolute Gasteiger partial charge is 0.336 e. The minimum Gasteiger partial charge on any atom is -0.336 e. The van der Waals surface area contributed by atoms with Gasteiger partial charge in [0.15, 0.2) is 0 Å². The first-order chi connectivity index (χ1) is 3.27. The molecule has 0 aliphatic carbocycles. The minimum atomic E-state index is -0.702. The van der Waals surface area contributed by atoms with Crippen molar-refractivity contribution in [3.8, 4) is 0 Å². The molecule has 0 atom stereocenters. The molecule has 1 amide bonds. The van der Waals surface area contributed by atoms with Crippen LogP contribution in [0.2, 0.25) is 0 Å². The van der Waals surface area contributed by atoms with Gasteiger partial charge in [-0.25, -0.2) is 0 Å². The maximum Gasteiger partial charge on any atom is 0.314 e. The molecule has 0 saturated carbocycles. The average molecular weight is 122 g/mol. The van der Waals surface area contributed by atoms with Gasteiger partial charge in [0.25, 0.3) is 0 Å². The molecule has 0 aromatic rings. The molecule has 0 fully saturated rings. The van der Waals surface area contributed by atoms with Crippen LogP contribution in [0.3, 0.4) is 0 Å². The van der Waals surface area contributed by atoms with Crippen LogP contribution >= 0.6 is 11.6 Å². The van der Waals surface area contributed by atoms with E-state index in [4.69, 9.17) is 11.6 Å². The van der Waals surface area contributed by atoms with Crippen molar-refractivity contribution in [3.63, 3.8) is 0 Å². The lowest BCUT2D eigenvalue weighted by molar-refractivity contribution is -0.107. The summed E-state index contributed by atoms with van der Waals surface area (Å²) in [6, 6.07) is 0. The number of nitrogens with one attached hydrogen (secondary N) is 1. The van der Waals surface area contributed by atoms with Gasteiger partial charge in [0.05, 0.1) is 6.54 Å². The molecule has 0 aromatic carbocycles. The minimum absolute atomic E-state index is 0.0116. The number of hydrogen-bond acceptors (Lipinski definition) is 2. The number of carbonyl (C=O) groups excluding carboxylic acids is 2. The van der Waals surface area contributed by atoms with Crippen molar-refractivity contribution in [2.75, 3.05) is 6.54 Å². The summed E-state index contributed by atoms with van der Waals surface area (Å²) in [5.41, 5.74) is 0. The molecule has 0 radical (unpaired) electrons. The fourth-order valence-corrected chi connectivity index (χ4v) is 0.199. The second-order valence-electron chi connectivity index (χ2n) is 0.821. The normalized spacial score (nSPS) is 7.57. The maximum atomic E-state index is 9.70. The third-order valence-corrected chi connectivity index (χ3v) is 0.458. The lowest BCUT2D eigenvalue weighted by Gasteiger charge is -1.85. The van der Waals surface area contributed by atoms with Crippen molar-refractivity contribution >= 4 is 23.3 Å². The molecule has 0 saturated heterocycles. The molecule has 3 nitrogen and oxygen atoms in total. The zero-order valence-corrected chi connectivity index (χ0v) is 4.23. The topological polar surface area (TPSA) is 46.2 Å². The number of rotatable bonds is 2. The summed E-state index contributed by atoms with van der Waals surface area (Å²) in [6.45, 7) is -0.0116. The number of carbonyl (C=O) groups is 2.